The monoisotopic (exact) mass is 312 g/mol. The molecule has 1 N–H and O–H groups in total. The molecule has 0 atom stereocenters. The predicted octanol–water partition coefficient (Wildman–Crippen LogP) is 4.87. The lowest BCUT2D eigenvalue weighted by atomic mass is 10.1. The molecule has 0 radical (unpaired) electrons. The Morgan fingerprint density at radius 2 is 1.50 bits per heavy atom. The van der Waals surface area contributed by atoms with E-state index in [1.807, 2.05) is 6.08 Å². The van der Waals surface area contributed by atoms with Crippen LogP contribution in [0.25, 0.3) is 0 Å². The van der Waals surface area contributed by atoms with Crippen molar-refractivity contribution < 1.29 is 19.4 Å². The van der Waals surface area contributed by atoms with Gasteiger partial charge in [-0.15, -0.1) is 0 Å². The molecule has 4 nitrogen and oxygen atoms in total. The van der Waals surface area contributed by atoms with E-state index < -0.39 is 5.97 Å². The highest BCUT2D eigenvalue weighted by Gasteiger charge is 2.03. The van der Waals surface area contributed by atoms with Gasteiger partial charge in [0.1, 0.15) is 6.61 Å². The summed E-state index contributed by atoms with van der Waals surface area (Å²) >= 11 is 0. The van der Waals surface area contributed by atoms with Crippen LogP contribution in [0.2, 0.25) is 0 Å². The summed E-state index contributed by atoms with van der Waals surface area (Å²) < 4.78 is 4.99. The average molecular weight is 312 g/mol. The Kier molecular flexibility index (Phi) is 15.1. The Bertz CT molecular complexity index is 310. The molecular weight excluding hydrogens is 280 g/mol. The maximum absolute atomic E-state index is 11.3. The van der Waals surface area contributed by atoms with Gasteiger partial charge in [-0.05, 0) is 19.3 Å². The van der Waals surface area contributed by atoms with Crippen LogP contribution < -0.4 is 0 Å². The van der Waals surface area contributed by atoms with E-state index in [9.17, 15) is 9.59 Å². The fourth-order valence-corrected chi connectivity index (χ4v) is 2.18. The molecule has 0 aromatic rings. The maximum atomic E-state index is 11.3. The van der Waals surface area contributed by atoms with Crippen molar-refractivity contribution in [3.63, 3.8) is 0 Å². The van der Waals surface area contributed by atoms with Gasteiger partial charge in [0.2, 0.25) is 0 Å². The Labute approximate surface area is 134 Å². The van der Waals surface area contributed by atoms with Gasteiger partial charge in [-0.3, -0.25) is 9.59 Å². The molecule has 0 aromatic carbocycles. The van der Waals surface area contributed by atoms with Gasteiger partial charge in [0, 0.05) is 12.8 Å². The number of carbonyl (C=O) groups excluding carboxylic acids is 1. The van der Waals surface area contributed by atoms with Crippen molar-refractivity contribution in [3.05, 3.63) is 12.2 Å². The van der Waals surface area contributed by atoms with E-state index in [1.54, 1.807) is 0 Å². The smallest absolute Gasteiger partial charge is 0.306 e. The normalized spacial score (nSPS) is 11.0. The largest absolute Gasteiger partial charge is 0.481 e. The number of esters is 1. The summed E-state index contributed by atoms with van der Waals surface area (Å²) in [4.78, 5) is 21.5. The first kappa shape index (κ1) is 20.7. The minimum Gasteiger partial charge on any atom is -0.481 e. The third-order valence-corrected chi connectivity index (χ3v) is 3.50. The van der Waals surface area contributed by atoms with E-state index >= 15 is 0 Å². The van der Waals surface area contributed by atoms with Crippen LogP contribution >= 0.6 is 0 Å². The summed E-state index contributed by atoms with van der Waals surface area (Å²) in [6.07, 6.45) is 16.0. The molecule has 0 aromatic heterocycles. The molecule has 0 bridgehead atoms. The van der Waals surface area contributed by atoms with E-state index in [4.69, 9.17) is 9.84 Å². The van der Waals surface area contributed by atoms with Crippen molar-refractivity contribution in [1.29, 1.82) is 0 Å². The Balaban J connectivity index is 3.26. The van der Waals surface area contributed by atoms with Gasteiger partial charge in [0.05, 0.1) is 0 Å². The lowest BCUT2D eigenvalue weighted by Gasteiger charge is -2.01. The zero-order chi connectivity index (χ0) is 16.5. The van der Waals surface area contributed by atoms with Crippen LogP contribution in [0.4, 0.5) is 0 Å². The molecule has 0 amide bonds. The summed E-state index contributed by atoms with van der Waals surface area (Å²) in [5, 5.41) is 8.45. The van der Waals surface area contributed by atoms with Gasteiger partial charge in [-0.1, -0.05) is 64.0 Å². The minimum absolute atomic E-state index is 0.0172. The van der Waals surface area contributed by atoms with Crippen LogP contribution in [0.1, 0.15) is 84.0 Å². The molecule has 128 valence electrons. The number of allylic oxidation sites excluding steroid dienone is 1. The fourth-order valence-electron chi connectivity index (χ4n) is 2.18. The summed E-state index contributed by atoms with van der Waals surface area (Å²) in [5.74, 6) is -1.20. The first-order valence-corrected chi connectivity index (χ1v) is 8.69. The highest BCUT2D eigenvalue weighted by molar-refractivity contribution is 5.71. The number of hydrogen-bond donors (Lipinski definition) is 1. The van der Waals surface area contributed by atoms with Crippen LogP contribution in [0, 0.1) is 0 Å². The molecule has 0 fully saturated rings. The van der Waals surface area contributed by atoms with Crippen LogP contribution in [0.3, 0.4) is 0 Å². The minimum atomic E-state index is -0.877. The number of carboxylic acid groups (broad SMARTS) is 1. The van der Waals surface area contributed by atoms with E-state index in [2.05, 4.69) is 13.0 Å². The number of hydrogen-bond acceptors (Lipinski definition) is 3. The van der Waals surface area contributed by atoms with Crippen LogP contribution in [0.15, 0.2) is 12.2 Å². The van der Waals surface area contributed by atoms with E-state index in [0.717, 1.165) is 6.42 Å². The van der Waals surface area contributed by atoms with Crippen molar-refractivity contribution in [2.24, 2.45) is 0 Å². The molecule has 0 spiro atoms. The molecule has 0 rings (SSSR count). The third kappa shape index (κ3) is 16.7. The Morgan fingerprint density at radius 1 is 0.864 bits per heavy atom. The van der Waals surface area contributed by atoms with Gasteiger partial charge in [0.25, 0.3) is 0 Å². The van der Waals surface area contributed by atoms with E-state index in [1.165, 1.54) is 51.4 Å². The second-order valence-corrected chi connectivity index (χ2v) is 5.67. The quantitative estimate of drug-likeness (QED) is 0.266. The van der Waals surface area contributed by atoms with Gasteiger partial charge in [-0.2, -0.15) is 0 Å². The van der Waals surface area contributed by atoms with E-state index in [-0.39, 0.29) is 18.8 Å². The number of unbranched alkanes of at least 4 members (excludes halogenated alkanes) is 8. The standard InChI is InChI=1S/C18H32O4/c1-2-3-4-5-6-7-8-9-10-11-12-16-22-18(21)15-13-14-17(19)20/h11-12H,2-10,13-16H2,1H3,(H,19,20). The molecule has 0 unspecified atom stereocenters. The Morgan fingerprint density at radius 3 is 2.14 bits per heavy atom. The number of ether oxygens (including phenoxy) is 1. The van der Waals surface area contributed by atoms with Crippen molar-refractivity contribution in [2.75, 3.05) is 6.61 Å². The molecule has 0 saturated carbocycles. The highest BCUT2D eigenvalue weighted by atomic mass is 16.5. The molecular formula is C18H32O4. The van der Waals surface area contributed by atoms with Gasteiger partial charge in [0.15, 0.2) is 0 Å². The first-order valence-electron chi connectivity index (χ1n) is 8.69. The second kappa shape index (κ2) is 16.1. The summed E-state index contributed by atoms with van der Waals surface area (Å²) in [6, 6.07) is 0. The Hall–Kier alpha value is -1.32. The topological polar surface area (TPSA) is 63.6 Å². The van der Waals surface area contributed by atoms with Crippen molar-refractivity contribution in [3.8, 4) is 0 Å². The van der Waals surface area contributed by atoms with Crippen LogP contribution in [-0.2, 0) is 14.3 Å². The van der Waals surface area contributed by atoms with Gasteiger partial charge >= 0.3 is 11.9 Å². The first-order chi connectivity index (χ1) is 10.7. The fraction of sp³-hybridized carbons (Fsp3) is 0.778. The number of carbonyl (C=O) groups is 2. The lowest BCUT2D eigenvalue weighted by Crippen LogP contribution is -2.05. The molecule has 4 heteroatoms. The summed E-state index contributed by atoms with van der Waals surface area (Å²) in [7, 11) is 0. The SMILES string of the molecule is CCCCCCCCCCC=CCOC(=O)CCCC(=O)O. The lowest BCUT2D eigenvalue weighted by molar-refractivity contribution is -0.142. The molecule has 0 heterocycles. The van der Waals surface area contributed by atoms with Gasteiger partial charge < -0.3 is 9.84 Å². The van der Waals surface area contributed by atoms with Crippen LogP contribution in [0.5, 0.6) is 0 Å². The van der Waals surface area contributed by atoms with Crippen molar-refractivity contribution in [2.45, 2.75) is 84.0 Å². The highest BCUT2D eigenvalue weighted by Crippen LogP contribution is 2.09. The summed E-state index contributed by atoms with van der Waals surface area (Å²) in [6.45, 7) is 2.53. The molecule has 0 aliphatic heterocycles. The van der Waals surface area contributed by atoms with Crippen LogP contribution in [-0.4, -0.2) is 23.7 Å². The number of rotatable bonds is 15. The second-order valence-electron chi connectivity index (χ2n) is 5.67. The molecule has 0 aliphatic carbocycles. The average Bonchev–Trinajstić information content (AvgIpc) is 2.48. The zero-order valence-corrected chi connectivity index (χ0v) is 14.0. The van der Waals surface area contributed by atoms with Crippen molar-refractivity contribution in [1.82, 2.24) is 0 Å². The maximum Gasteiger partial charge on any atom is 0.306 e. The molecule has 0 aliphatic rings. The third-order valence-electron chi connectivity index (χ3n) is 3.50. The number of aliphatic carboxylic acids is 1. The molecule has 0 saturated heterocycles. The summed E-state index contributed by atoms with van der Waals surface area (Å²) in [5.41, 5.74) is 0. The van der Waals surface area contributed by atoms with Crippen molar-refractivity contribution >= 4 is 11.9 Å². The number of carboxylic acids is 1. The van der Waals surface area contributed by atoms with Gasteiger partial charge in [-0.25, -0.2) is 0 Å². The molecule has 22 heavy (non-hydrogen) atoms. The van der Waals surface area contributed by atoms with E-state index in [0.29, 0.717) is 13.0 Å². The predicted molar refractivity (Wildman–Crippen MR) is 88.8 cm³/mol. The zero-order valence-electron chi connectivity index (χ0n) is 14.0.